The van der Waals surface area contributed by atoms with Crippen LogP contribution in [0.2, 0.25) is 0 Å². The molecule has 5 nitrogen and oxygen atoms in total. The van der Waals surface area contributed by atoms with Crippen molar-refractivity contribution in [1.29, 1.82) is 5.26 Å². The maximum Gasteiger partial charge on any atom is 0.199 e. The molecule has 1 aliphatic heterocycles. The zero-order chi connectivity index (χ0) is 11.6. The van der Waals surface area contributed by atoms with Gasteiger partial charge in [-0.3, -0.25) is 0 Å². The summed E-state index contributed by atoms with van der Waals surface area (Å²) in [5.41, 5.74) is 0.319. The van der Waals surface area contributed by atoms with Gasteiger partial charge in [-0.05, 0) is 25.1 Å². The van der Waals surface area contributed by atoms with Crippen LogP contribution in [-0.2, 0) is 9.84 Å². The molecule has 2 rings (SSSR count). The minimum absolute atomic E-state index is 0.000231. The van der Waals surface area contributed by atoms with Gasteiger partial charge in [0.05, 0.1) is 16.9 Å². The average molecular weight is 237 g/mol. The maximum absolute atomic E-state index is 12.1. The summed E-state index contributed by atoms with van der Waals surface area (Å²) < 4.78 is 24.2. The van der Waals surface area contributed by atoms with Crippen LogP contribution in [0.25, 0.3) is 0 Å². The second-order valence-corrected chi connectivity index (χ2v) is 5.83. The molecule has 0 radical (unpaired) electrons. The Balaban J connectivity index is 2.39. The van der Waals surface area contributed by atoms with Gasteiger partial charge in [0.25, 0.3) is 0 Å². The van der Waals surface area contributed by atoms with Crippen LogP contribution >= 0.6 is 0 Å². The summed E-state index contributed by atoms with van der Waals surface area (Å²) in [6.45, 7) is 1.17. The first-order valence-corrected chi connectivity index (χ1v) is 6.50. The Morgan fingerprint density at radius 1 is 1.56 bits per heavy atom. The molecule has 1 fully saturated rings. The van der Waals surface area contributed by atoms with Gasteiger partial charge in [-0.15, -0.1) is 0 Å². The molecule has 1 N–H and O–H groups in total. The van der Waals surface area contributed by atoms with Gasteiger partial charge in [0, 0.05) is 12.7 Å². The third kappa shape index (κ3) is 1.92. The molecule has 0 spiro atoms. The van der Waals surface area contributed by atoms with Crippen LogP contribution in [-0.4, -0.2) is 31.7 Å². The van der Waals surface area contributed by atoms with E-state index in [1.54, 1.807) is 0 Å². The Kier molecular flexibility index (Phi) is 2.90. The van der Waals surface area contributed by atoms with E-state index < -0.39 is 15.1 Å². The molecule has 0 amide bonds. The fourth-order valence-electron chi connectivity index (χ4n) is 1.70. The van der Waals surface area contributed by atoms with E-state index in [1.807, 2.05) is 6.07 Å². The number of sulfone groups is 1. The second-order valence-electron chi connectivity index (χ2n) is 3.65. The van der Waals surface area contributed by atoms with Gasteiger partial charge in [-0.1, -0.05) is 0 Å². The Bertz CT molecular complexity index is 527. The molecule has 2 heterocycles. The van der Waals surface area contributed by atoms with Crippen molar-refractivity contribution in [3.8, 4) is 6.07 Å². The van der Waals surface area contributed by atoms with E-state index in [2.05, 4.69) is 10.3 Å². The van der Waals surface area contributed by atoms with E-state index in [9.17, 15) is 8.42 Å². The van der Waals surface area contributed by atoms with Crippen LogP contribution in [0.1, 0.15) is 12.0 Å². The Morgan fingerprint density at radius 2 is 2.38 bits per heavy atom. The minimum atomic E-state index is -3.40. The van der Waals surface area contributed by atoms with E-state index >= 15 is 0 Å². The van der Waals surface area contributed by atoms with Crippen molar-refractivity contribution in [2.24, 2.45) is 0 Å². The summed E-state index contributed by atoms with van der Waals surface area (Å²) in [6, 6.07) is 4.73. The summed E-state index contributed by atoms with van der Waals surface area (Å²) in [5, 5.41) is 11.3. The molecule has 0 aromatic carbocycles. The summed E-state index contributed by atoms with van der Waals surface area (Å²) >= 11 is 0. The highest BCUT2D eigenvalue weighted by molar-refractivity contribution is 7.92. The molecule has 1 aromatic heterocycles. The third-order valence-electron chi connectivity index (χ3n) is 2.61. The smallest absolute Gasteiger partial charge is 0.199 e. The SMILES string of the molecule is N#Cc1ccnc(S(=O)(=O)[C@@H]2CCNC2)c1. The van der Waals surface area contributed by atoms with Crippen LogP contribution in [0, 0.1) is 11.3 Å². The van der Waals surface area contributed by atoms with Crippen molar-refractivity contribution in [1.82, 2.24) is 10.3 Å². The molecule has 0 bridgehead atoms. The fourth-order valence-corrected chi connectivity index (χ4v) is 3.30. The Hall–Kier alpha value is -1.45. The topological polar surface area (TPSA) is 82.8 Å². The molecule has 1 atom stereocenters. The molecule has 1 saturated heterocycles. The van der Waals surface area contributed by atoms with E-state index in [0.717, 1.165) is 0 Å². The maximum atomic E-state index is 12.1. The zero-order valence-electron chi connectivity index (χ0n) is 8.55. The number of aromatic nitrogens is 1. The highest BCUT2D eigenvalue weighted by Gasteiger charge is 2.31. The first-order chi connectivity index (χ1) is 7.64. The number of nitrogens with zero attached hydrogens (tertiary/aromatic N) is 2. The van der Waals surface area contributed by atoms with Crippen molar-refractivity contribution < 1.29 is 8.42 Å². The van der Waals surface area contributed by atoms with Crippen LogP contribution in [0.5, 0.6) is 0 Å². The Labute approximate surface area is 94.0 Å². The number of pyridine rings is 1. The predicted molar refractivity (Wildman–Crippen MR) is 57.4 cm³/mol. The van der Waals surface area contributed by atoms with Gasteiger partial charge in [0.15, 0.2) is 14.9 Å². The molecule has 6 heteroatoms. The fraction of sp³-hybridized carbons (Fsp3) is 0.400. The van der Waals surface area contributed by atoms with Gasteiger partial charge in [0.2, 0.25) is 0 Å². The van der Waals surface area contributed by atoms with E-state index in [0.29, 0.717) is 25.1 Å². The van der Waals surface area contributed by atoms with Gasteiger partial charge in [-0.2, -0.15) is 5.26 Å². The monoisotopic (exact) mass is 237 g/mol. The van der Waals surface area contributed by atoms with Gasteiger partial charge >= 0.3 is 0 Å². The van der Waals surface area contributed by atoms with Gasteiger partial charge in [-0.25, -0.2) is 13.4 Å². The molecular formula is C10H11N3O2S. The lowest BCUT2D eigenvalue weighted by Gasteiger charge is -2.09. The summed E-state index contributed by atoms with van der Waals surface area (Å²) in [4.78, 5) is 3.84. The average Bonchev–Trinajstić information content (AvgIpc) is 2.83. The lowest BCUT2D eigenvalue weighted by molar-refractivity contribution is 0.579. The highest BCUT2D eigenvalue weighted by Crippen LogP contribution is 2.18. The van der Waals surface area contributed by atoms with Crippen LogP contribution in [0.3, 0.4) is 0 Å². The molecule has 0 unspecified atom stereocenters. The lowest BCUT2D eigenvalue weighted by Crippen LogP contribution is -2.24. The molecule has 0 saturated carbocycles. The van der Waals surface area contributed by atoms with E-state index in [4.69, 9.17) is 5.26 Å². The summed E-state index contributed by atoms with van der Waals surface area (Å²) in [7, 11) is -3.40. The largest absolute Gasteiger partial charge is 0.315 e. The number of rotatable bonds is 2. The Morgan fingerprint density at radius 3 is 3.00 bits per heavy atom. The zero-order valence-corrected chi connectivity index (χ0v) is 9.37. The molecule has 84 valence electrons. The number of nitrogens with one attached hydrogen (secondary N) is 1. The number of hydrogen-bond donors (Lipinski definition) is 1. The minimum Gasteiger partial charge on any atom is -0.315 e. The van der Waals surface area contributed by atoms with Crippen LogP contribution in [0.15, 0.2) is 23.4 Å². The molecule has 16 heavy (non-hydrogen) atoms. The lowest BCUT2D eigenvalue weighted by atomic mass is 10.3. The molecule has 1 aliphatic rings. The predicted octanol–water partition coefficient (Wildman–Crippen LogP) is 0.0889. The van der Waals surface area contributed by atoms with Crippen LogP contribution < -0.4 is 5.32 Å². The van der Waals surface area contributed by atoms with Gasteiger partial charge in [0.1, 0.15) is 0 Å². The van der Waals surface area contributed by atoms with Crippen LogP contribution in [0.4, 0.5) is 0 Å². The van der Waals surface area contributed by atoms with Crippen molar-refractivity contribution in [2.75, 3.05) is 13.1 Å². The van der Waals surface area contributed by atoms with Crippen molar-refractivity contribution >= 4 is 9.84 Å². The highest BCUT2D eigenvalue weighted by atomic mass is 32.2. The first kappa shape index (κ1) is 11.0. The number of nitriles is 1. The first-order valence-electron chi connectivity index (χ1n) is 4.95. The quantitative estimate of drug-likeness (QED) is 0.788. The molecular weight excluding hydrogens is 226 g/mol. The summed E-state index contributed by atoms with van der Waals surface area (Å²) in [5.74, 6) is 0. The van der Waals surface area contributed by atoms with Crippen molar-refractivity contribution in [2.45, 2.75) is 16.7 Å². The third-order valence-corrected chi connectivity index (χ3v) is 4.70. The summed E-state index contributed by atoms with van der Waals surface area (Å²) in [6.07, 6.45) is 1.95. The van der Waals surface area contributed by atoms with Crippen molar-refractivity contribution in [3.05, 3.63) is 23.9 Å². The van der Waals surface area contributed by atoms with Gasteiger partial charge < -0.3 is 5.32 Å². The molecule has 0 aliphatic carbocycles. The number of hydrogen-bond acceptors (Lipinski definition) is 5. The second kappa shape index (κ2) is 4.20. The van der Waals surface area contributed by atoms with E-state index in [-0.39, 0.29) is 5.03 Å². The standard InChI is InChI=1S/C10H11N3O2S/c11-6-8-1-4-13-10(5-8)16(14,15)9-2-3-12-7-9/h1,4-5,9,12H,2-3,7H2/t9-/m1/s1. The van der Waals surface area contributed by atoms with E-state index in [1.165, 1.54) is 18.3 Å². The normalized spacial score (nSPS) is 20.6. The molecule has 1 aromatic rings. The van der Waals surface area contributed by atoms with Crippen molar-refractivity contribution in [3.63, 3.8) is 0 Å².